The number of morpholine rings is 1. The highest BCUT2D eigenvalue weighted by molar-refractivity contribution is 7.91. The molecule has 3 heterocycles. The number of ether oxygens (including phenoxy) is 1. The summed E-state index contributed by atoms with van der Waals surface area (Å²) in [5.41, 5.74) is 1.08. The molecule has 0 radical (unpaired) electrons. The van der Waals surface area contributed by atoms with Crippen molar-refractivity contribution in [3.05, 3.63) is 52.9 Å². The molecule has 1 aromatic carbocycles. The number of nitrogens with zero attached hydrogens (tertiary/aromatic N) is 2. The summed E-state index contributed by atoms with van der Waals surface area (Å²) in [6.07, 6.45) is 1.47. The number of carbonyl (C=O) groups is 1. The summed E-state index contributed by atoms with van der Waals surface area (Å²) in [5, 5.41) is 0. The zero-order valence-corrected chi connectivity index (χ0v) is 18.8. The zero-order valence-electron chi connectivity index (χ0n) is 17.2. The molecule has 8 heteroatoms. The number of rotatable bonds is 5. The first-order valence-electron chi connectivity index (χ1n) is 10.5. The number of thiophene rings is 1. The van der Waals surface area contributed by atoms with Crippen molar-refractivity contribution in [3.8, 4) is 0 Å². The molecule has 162 valence electrons. The van der Waals surface area contributed by atoms with E-state index in [9.17, 15) is 13.2 Å². The first-order chi connectivity index (χ1) is 14.5. The third kappa shape index (κ3) is 4.46. The van der Waals surface area contributed by atoms with Gasteiger partial charge in [-0.05, 0) is 36.5 Å². The van der Waals surface area contributed by atoms with Crippen molar-refractivity contribution >= 4 is 27.3 Å². The molecule has 1 aromatic heterocycles. The topological polar surface area (TPSA) is 66.9 Å². The Morgan fingerprint density at radius 1 is 1.10 bits per heavy atom. The maximum Gasteiger partial charge on any atom is 0.252 e. The number of aryl methyl sites for hydroxylation is 1. The SMILES string of the molecule is CCc1ccc(S(=O)(=O)N2CC(C(=O)N3CCOCC3)CC(c3ccccc3)C2)s1. The number of hydrogen-bond donors (Lipinski definition) is 0. The van der Waals surface area contributed by atoms with Crippen LogP contribution in [-0.2, 0) is 26.0 Å². The Kier molecular flexibility index (Phi) is 6.57. The average Bonchev–Trinajstić information content (AvgIpc) is 3.30. The van der Waals surface area contributed by atoms with Crippen LogP contribution >= 0.6 is 11.3 Å². The molecular formula is C22H28N2O4S2. The van der Waals surface area contributed by atoms with E-state index in [2.05, 4.69) is 0 Å². The van der Waals surface area contributed by atoms with Crippen LogP contribution in [-0.4, -0.2) is 62.9 Å². The number of carbonyl (C=O) groups excluding carboxylic acids is 1. The zero-order chi connectivity index (χ0) is 21.1. The molecule has 0 spiro atoms. The Labute approximate surface area is 182 Å². The van der Waals surface area contributed by atoms with E-state index in [0.29, 0.717) is 43.5 Å². The van der Waals surface area contributed by atoms with Gasteiger partial charge in [-0.3, -0.25) is 4.79 Å². The number of sulfonamides is 1. The third-order valence-corrected chi connectivity index (χ3v) is 9.47. The smallest absolute Gasteiger partial charge is 0.252 e. The fourth-order valence-corrected chi connectivity index (χ4v) is 7.24. The lowest BCUT2D eigenvalue weighted by Crippen LogP contribution is -2.51. The van der Waals surface area contributed by atoms with Crippen LogP contribution in [0.4, 0.5) is 0 Å². The Bertz CT molecular complexity index is 968. The molecule has 0 bridgehead atoms. The van der Waals surface area contributed by atoms with E-state index in [4.69, 9.17) is 4.74 Å². The molecule has 2 aliphatic heterocycles. The average molecular weight is 449 g/mol. The van der Waals surface area contributed by atoms with E-state index < -0.39 is 10.0 Å². The van der Waals surface area contributed by atoms with E-state index in [0.717, 1.165) is 16.9 Å². The van der Waals surface area contributed by atoms with Crippen molar-refractivity contribution in [2.24, 2.45) is 5.92 Å². The largest absolute Gasteiger partial charge is 0.378 e. The summed E-state index contributed by atoms with van der Waals surface area (Å²) in [4.78, 5) is 16.1. The molecule has 6 nitrogen and oxygen atoms in total. The van der Waals surface area contributed by atoms with Crippen LogP contribution in [0.3, 0.4) is 0 Å². The summed E-state index contributed by atoms with van der Waals surface area (Å²) < 4.78 is 34.1. The van der Waals surface area contributed by atoms with Gasteiger partial charge in [0.05, 0.1) is 19.1 Å². The predicted molar refractivity (Wildman–Crippen MR) is 117 cm³/mol. The number of hydrogen-bond acceptors (Lipinski definition) is 5. The second kappa shape index (κ2) is 9.18. The van der Waals surface area contributed by atoms with Gasteiger partial charge in [-0.2, -0.15) is 4.31 Å². The summed E-state index contributed by atoms with van der Waals surface area (Å²) in [6.45, 7) is 4.88. The minimum absolute atomic E-state index is 0.00433. The number of piperidine rings is 1. The molecule has 1 amide bonds. The molecule has 4 rings (SSSR count). The highest BCUT2D eigenvalue weighted by atomic mass is 32.2. The molecule has 2 saturated heterocycles. The second-order valence-corrected chi connectivity index (χ2v) is 11.2. The summed E-state index contributed by atoms with van der Waals surface area (Å²) >= 11 is 1.33. The summed E-state index contributed by atoms with van der Waals surface area (Å²) in [5.74, 6) is -0.308. The van der Waals surface area contributed by atoms with Crippen LogP contribution in [0, 0.1) is 5.92 Å². The molecular weight excluding hydrogens is 420 g/mol. The lowest BCUT2D eigenvalue weighted by atomic mass is 9.85. The molecule has 0 aliphatic carbocycles. The van der Waals surface area contributed by atoms with Crippen molar-refractivity contribution in [2.75, 3.05) is 39.4 Å². The van der Waals surface area contributed by atoms with Crippen molar-refractivity contribution in [1.29, 1.82) is 0 Å². The van der Waals surface area contributed by atoms with E-state index in [-0.39, 0.29) is 24.3 Å². The second-order valence-electron chi connectivity index (χ2n) is 7.87. The van der Waals surface area contributed by atoms with Gasteiger partial charge in [0, 0.05) is 31.1 Å². The standard InChI is InChI=1S/C22H28N2O4S2/c1-2-20-8-9-21(29-20)30(26,27)24-15-18(17-6-4-3-5-7-17)14-19(16-24)22(25)23-10-12-28-13-11-23/h3-9,18-19H,2,10-16H2,1H3. The first-order valence-corrected chi connectivity index (χ1v) is 12.7. The van der Waals surface area contributed by atoms with Gasteiger partial charge < -0.3 is 9.64 Å². The third-order valence-electron chi connectivity index (χ3n) is 5.94. The molecule has 2 fully saturated rings. The van der Waals surface area contributed by atoms with Crippen molar-refractivity contribution in [1.82, 2.24) is 9.21 Å². The minimum Gasteiger partial charge on any atom is -0.378 e. The fourth-order valence-electron chi connectivity index (χ4n) is 4.26. The van der Waals surface area contributed by atoms with Crippen LogP contribution < -0.4 is 0 Å². The van der Waals surface area contributed by atoms with Crippen LogP contribution in [0.2, 0.25) is 0 Å². The normalized spacial score (nSPS) is 23.4. The van der Waals surface area contributed by atoms with Crippen LogP contribution in [0.25, 0.3) is 0 Å². The quantitative estimate of drug-likeness (QED) is 0.705. The van der Waals surface area contributed by atoms with Gasteiger partial charge in [0.15, 0.2) is 0 Å². The van der Waals surface area contributed by atoms with E-state index in [1.807, 2.05) is 48.2 Å². The van der Waals surface area contributed by atoms with Gasteiger partial charge >= 0.3 is 0 Å². The van der Waals surface area contributed by atoms with Gasteiger partial charge in [-0.15, -0.1) is 11.3 Å². The Balaban J connectivity index is 1.62. The first kappa shape index (κ1) is 21.5. The van der Waals surface area contributed by atoms with E-state index >= 15 is 0 Å². The van der Waals surface area contributed by atoms with Gasteiger partial charge in [-0.1, -0.05) is 37.3 Å². The molecule has 2 atom stereocenters. The highest BCUT2D eigenvalue weighted by Gasteiger charge is 2.40. The van der Waals surface area contributed by atoms with Crippen LogP contribution in [0.5, 0.6) is 0 Å². The molecule has 2 unspecified atom stereocenters. The number of amides is 1. The molecule has 30 heavy (non-hydrogen) atoms. The summed E-state index contributed by atoms with van der Waals surface area (Å²) in [7, 11) is -3.63. The van der Waals surface area contributed by atoms with Crippen LogP contribution in [0.15, 0.2) is 46.7 Å². The minimum atomic E-state index is -3.63. The monoisotopic (exact) mass is 448 g/mol. The highest BCUT2D eigenvalue weighted by Crippen LogP contribution is 2.35. The van der Waals surface area contributed by atoms with E-state index in [1.165, 1.54) is 15.6 Å². The van der Waals surface area contributed by atoms with Crippen LogP contribution in [0.1, 0.15) is 29.7 Å². The molecule has 0 saturated carbocycles. The maximum absolute atomic E-state index is 13.4. The lowest BCUT2D eigenvalue weighted by molar-refractivity contribution is -0.141. The summed E-state index contributed by atoms with van der Waals surface area (Å²) in [6, 6.07) is 13.5. The van der Waals surface area contributed by atoms with Gasteiger partial charge in [0.1, 0.15) is 4.21 Å². The van der Waals surface area contributed by atoms with E-state index in [1.54, 1.807) is 6.07 Å². The maximum atomic E-state index is 13.4. The van der Waals surface area contributed by atoms with Gasteiger partial charge in [0.2, 0.25) is 5.91 Å². The van der Waals surface area contributed by atoms with Crippen molar-refractivity contribution in [2.45, 2.75) is 29.9 Å². The van der Waals surface area contributed by atoms with Gasteiger partial charge in [0.25, 0.3) is 10.0 Å². The molecule has 2 aromatic rings. The molecule has 2 aliphatic rings. The Hall–Kier alpha value is -1.74. The predicted octanol–water partition coefficient (Wildman–Crippen LogP) is 2.96. The van der Waals surface area contributed by atoms with Crippen molar-refractivity contribution in [3.63, 3.8) is 0 Å². The lowest BCUT2D eigenvalue weighted by Gasteiger charge is -2.39. The fraction of sp³-hybridized carbons (Fsp3) is 0.500. The van der Waals surface area contributed by atoms with Crippen molar-refractivity contribution < 1.29 is 17.9 Å². The Morgan fingerprint density at radius 2 is 1.83 bits per heavy atom. The number of benzene rings is 1. The molecule has 0 N–H and O–H groups in total. The van der Waals surface area contributed by atoms with Gasteiger partial charge in [-0.25, -0.2) is 8.42 Å². The Morgan fingerprint density at radius 3 is 2.50 bits per heavy atom.